The standard InChI is InChI=1S/C9H13F3N2O/c10-9(11,12)5-14(7-1-2-7)8(15)6-3-13-4-6/h6-7,13H,1-5H2. The lowest BCUT2D eigenvalue weighted by molar-refractivity contribution is -0.165. The second-order valence-electron chi connectivity index (χ2n) is 4.17. The van der Waals surface area contributed by atoms with Crippen molar-refractivity contribution in [1.82, 2.24) is 10.2 Å². The summed E-state index contributed by atoms with van der Waals surface area (Å²) in [5.41, 5.74) is 0. The molecule has 1 N–H and O–H groups in total. The molecule has 0 bridgehead atoms. The third-order valence-corrected chi connectivity index (χ3v) is 2.75. The maximum absolute atomic E-state index is 12.2. The summed E-state index contributed by atoms with van der Waals surface area (Å²) in [7, 11) is 0. The number of halogens is 3. The van der Waals surface area contributed by atoms with E-state index < -0.39 is 12.7 Å². The van der Waals surface area contributed by atoms with E-state index in [9.17, 15) is 18.0 Å². The first kappa shape index (κ1) is 10.7. The van der Waals surface area contributed by atoms with Gasteiger partial charge in [-0.1, -0.05) is 0 Å². The van der Waals surface area contributed by atoms with Gasteiger partial charge in [0.25, 0.3) is 0 Å². The predicted molar refractivity (Wildman–Crippen MR) is 47.1 cm³/mol. The van der Waals surface area contributed by atoms with Crippen LogP contribution < -0.4 is 5.32 Å². The second-order valence-corrected chi connectivity index (χ2v) is 4.17. The highest BCUT2D eigenvalue weighted by Crippen LogP contribution is 2.31. The van der Waals surface area contributed by atoms with E-state index in [0.717, 1.165) is 4.90 Å². The zero-order valence-electron chi connectivity index (χ0n) is 8.18. The smallest absolute Gasteiger partial charge is 0.330 e. The first-order valence-corrected chi connectivity index (χ1v) is 5.05. The fourth-order valence-corrected chi connectivity index (χ4v) is 1.66. The molecule has 0 atom stereocenters. The lowest BCUT2D eigenvalue weighted by atomic mass is 10.0. The van der Waals surface area contributed by atoms with Crippen molar-refractivity contribution >= 4 is 5.91 Å². The van der Waals surface area contributed by atoms with Gasteiger partial charge in [-0.15, -0.1) is 0 Å². The molecule has 86 valence electrons. The van der Waals surface area contributed by atoms with Crippen LogP contribution in [0, 0.1) is 5.92 Å². The molecule has 15 heavy (non-hydrogen) atoms. The van der Waals surface area contributed by atoms with Crippen molar-refractivity contribution in [3.05, 3.63) is 0 Å². The van der Waals surface area contributed by atoms with Crippen LogP contribution in [0.4, 0.5) is 13.2 Å². The number of rotatable bonds is 3. The molecule has 2 fully saturated rings. The second kappa shape index (κ2) is 3.66. The Morgan fingerprint density at radius 3 is 2.27 bits per heavy atom. The highest BCUT2D eigenvalue weighted by Gasteiger charge is 2.43. The van der Waals surface area contributed by atoms with Crippen LogP contribution in [0.25, 0.3) is 0 Å². The number of carbonyl (C=O) groups is 1. The Bertz CT molecular complexity index is 259. The van der Waals surface area contributed by atoms with Crippen molar-refractivity contribution in [2.45, 2.75) is 25.1 Å². The quantitative estimate of drug-likeness (QED) is 0.764. The first-order chi connectivity index (χ1) is 6.97. The fourth-order valence-electron chi connectivity index (χ4n) is 1.66. The number of hydrogen-bond acceptors (Lipinski definition) is 2. The maximum Gasteiger partial charge on any atom is 0.406 e. The van der Waals surface area contributed by atoms with Gasteiger partial charge in [0, 0.05) is 19.1 Å². The molecule has 0 aromatic carbocycles. The van der Waals surface area contributed by atoms with Crippen LogP contribution in [0.15, 0.2) is 0 Å². The molecule has 0 unspecified atom stereocenters. The molecule has 1 saturated heterocycles. The molecule has 2 aliphatic rings. The van der Waals surface area contributed by atoms with Gasteiger partial charge in [0.2, 0.25) is 5.91 Å². The summed E-state index contributed by atoms with van der Waals surface area (Å²) in [4.78, 5) is 12.7. The van der Waals surface area contributed by atoms with Crippen molar-refractivity contribution in [2.24, 2.45) is 5.92 Å². The van der Waals surface area contributed by atoms with E-state index in [0.29, 0.717) is 25.9 Å². The Hall–Kier alpha value is -0.780. The largest absolute Gasteiger partial charge is 0.406 e. The van der Waals surface area contributed by atoms with E-state index in [4.69, 9.17) is 0 Å². The van der Waals surface area contributed by atoms with Crippen LogP contribution in [0.5, 0.6) is 0 Å². The third-order valence-electron chi connectivity index (χ3n) is 2.75. The maximum atomic E-state index is 12.2. The molecule has 0 spiro atoms. The summed E-state index contributed by atoms with van der Waals surface area (Å²) >= 11 is 0. The fraction of sp³-hybridized carbons (Fsp3) is 0.889. The van der Waals surface area contributed by atoms with Crippen molar-refractivity contribution in [3.8, 4) is 0 Å². The van der Waals surface area contributed by atoms with Crippen LogP contribution in [-0.4, -0.2) is 42.7 Å². The van der Waals surface area contributed by atoms with Crippen LogP contribution in [-0.2, 0) is 4.79 Å². The Morgan fingerprint density at radius 2 is 1.93 bits per heavy atom. The Kier molecular flexibility index (Phi) is 2.62. The van der Waals surface area contributed by atoms with Crippen molar-refractivity contribution in [1.29, 1.82) is 0 Å². The minimum atomic E-state index is -4.28. The van der Waals surface area contributed by atoms with Crippen molar-refractivity contribution in [3.63, 3.8) is 0 Å². The number of nitrogens with one attached hydrogen (secondary N) is 1. The summed E-state index contributed by atoms with van der Waals surface area (Å²) in [6, 6.07) is -0.167. The number of amides is 1. The summed E-state index contributed by atoms with van der Waals surface area (Å²) in [5.74, 6) is -0.582. The normalized spacial score (nSPS) is 22.3. The predicted octanol–water partition coefficient (Wildman–Crippen LogP) is 0.759. The first-order valence-electron chi connectivity index (χ1n) is 5.05. The minimum Gasteiger partial charge on any atom is -0.330 e. The third kappa shape index (κ3) is 2.62. The number of hydrogen-bond donors (Lipinski definition) is 1. The molecule has 1 amide bonds. The summed E-state index contributed by atoms with van der Waals surface area (Å²) in [6.45, 7) is -0.0627. The summed E-state index contributed by atoms with van der Waals surface area (Å²) < 4.78 is 36.7. The van der Waals surface area contributed by atoms with Gasteiger partial charge in [-0.2, -0.15) is 13.2 Å². The number of alkyl halides is 3. The monoisotopic (exact) mass is 222 g/mol. The van der Waals surface area contributed by atoms with Crippen LogP contribution >= 0.6 is 0 Å². The molecular formula is C9H13F3N2O. The average Bonchev–Trinajstić information content (AvgIpc) is 2.76. The average molecular weight is 222 g/mol. The van der Waals surface area contributed by atoms with Gasteiger partial charge in [0.05, 0.1) is 5.92 Å². The zero-order valence-corrected chi connectivity index (χ0v) is 8.18. The van der Waals surface area contributed by atoms with Gasteiger partial charge in [-0.3, -0.25) is 4.79 Å². The molecule has 2 rings (SSSR count). The molecular weight excluding hydrogens is 209 g/mol. The SMILES string of the molecule is O=C(C1CNC1)N(CC(F)(F)F)C1CC1. The Labute approximate surface area is 85.6 Å². The zero-order chi connectivity index (χ0) is 11.1. The molecule has 1 saturated carbocycles. The molecule has 0 aromatic heterocycles. The van der Waals surface area contributed by atoms with E-state index in [1.807, 2.05) is 0 Å². The molecule has 0 aromatic rings. The van der Waals surface area contributed by atoms with E-state index in [2.05, 4.69) is 5.32 Å². The van der Waals surface area contributed by atoms with E-state index in [1.54, 1.807) is 0 Å². The highest BCUT2D eigenvalue weighted by atomic mass is 19.4. The molecule has 1 aliphatic carbocycles. The number of carbonyl (C=O) groups excluding carboxylic acids is 1. The van der Waals surface area contributed by atoms with Gasteiger partial charge in [0.15, 0.2) is 0 Å². The topological polar surface area (TPSA) is 32.3 Å². The van der Waals surface area contributed by atoms with Gasteiger partial charge >= 0.3 is 6.18 Å². The lowest BCUT2D eigenvalue weighted by Crippen LogP contribution is -2.54. The van der Waals surface area contributed by atoms with Crippen LogP contribution in [0.2, 0.25) is 0 Å². The van der Waals surface area contributed by atoms with E-state index >= 15 is 0 Å². The number of nitrogens with zero attached hydrogens (tertiary/aromatic N) is 1. The van der Waals surface area contributed by atoms with Gasteiger partial charge in [0.1, 0.15) is 6.54 Å². The van der Waals surface area contributed by atoms with Gasteiger partial charge in [-0.05, 0) is 12.8 Å². The summed E-state index contributed by atoms with van der Waals surface area (Å²) in [5, 5.41) is 2.89. The Balaban J connectivity index is 1.95. The highest BCUT2D eigenvalue weighted by molar-refractivity contribution is 5.80. The van der Waals surface area contributed by atoms with Gasteiger partial charge < -0.3 is 10.2 Å². The molecule has 1 heterocycles. The summed E-state index contributed by atoms with van der Waals surface area (Å²) in [6.07, 6.45) is -2.86. The molecule has 1 aliphatic heterocycles. The molecule has 3 nitrogen and oxygen atoms in total. The Morgan fingerprint density at radius 1 is 1.33 bits per heavy atom. The molecule has 0 radical (unpaired) electrons. The molecule has 6 heteroatoms. The van der Waals surface area contributed by atoms with Crippen LogP contribution in [0.1, 0.15) is 12.8 Å². The van der Waals surface area contributed by atoms with Gasteiger partial charge in [-0.25, -0.2) is 0 Å². The lowest BCUT2D eigenvalue weighted by Gasteiger charge is -2.33. The van der Waals surface area contributed by atoms with Crippen molar-refractivity contribution in [2.75, 3.05) is 19.6 Å². The van der Waals surface area contributed by atoms with Crippen molar-refractivity contribution < 1.29 is 18.0 Å². The van der Waals surface area contributed by atoms with Crippen LogP contribution in [0.3, 0.4) is 0 Å². The minimum absolute atomic E-state index is 0.167. The van der Waals surface area contributed by atoms with E-state index in [-0.39, 0.29) is 17.9 Å². The van der Waals surface area contributed by atoms with E-state index in [1.165, 1.54) is 0 Å².